The number of aromatic amines is 1. The number of hydrogen-bond donors (Lipinski definition) is 1. The molecule has 4 nitrogen and oxygen atoms in total. The molecule has 0 radical (unpaired) electrons. The molecule has 0 aliphatic carbocycles. The maximum Gasteiger partial charge on any atom is 0.274 e. The Bertz CT molecular complexity index is 604. The minimum atomic E-state index is -0.0656. The van der Waals surface area contributed by atoms with Gasteiger partial charge in [0.25, 0.3) is 5.91 Å². The van der Waals surface area contributed by atoms with Gasteiger partial charge >= 0.3 is 0 Å². The van der Waals surface area contributed by atoms with Crippen LogP contribution in [0.4, 0.5) is 0 Å². The summed E-state index contributed by atoms with van der Waals surface area (Å²) in [5.41, 5.74) is 2.57. The van der Waals surface area contributed by atoms with E-state index in [9.17, 15) is 4.79 Å². The zero-order valence-corrected chi connectivity index (χ0v) is 14.1. The first-order valence-electron chi connectivity index (χ1n) is 7.00. The van der Waals surface area contributed by atoms with Crippen LogP contribution in [0.25, 0.3) is 0 Å². The van der Waals surface area contributed by atoms with E-state index in [2.05, 4.69) is 40.0 Å². The van der Waals surface area contributed by atoms with Crippen LogP contribution in [0, 0.1) is 5.92 Å². The first-order valence-corrected chi connectivity index (χ1v) is 7.79. The van der Waals surface area contributed by atoms with Gasteiger partial charge in [0.2, 0.25) is 0 Å². The highest BCUT2D eigenvalue weighted by molar-refractivity contribution is 9.10. The van der Waals surface area contributed by atoms with Gasteiger partial charge in [-0.25, -0.2) is 0 Å². The highest BCUT2D eigenvalue weighted by Gasteiger charge is 2.16. The number of halogens is 1. The Hall–Kier alpha value is -1.62. The Morgan fingerprint density at radius 1 is 1.33 bits per heavy atom. The normalized spacial score (nSPS) is 10.9. The molecule has 1 N–H and O–H groups in total. The summed E-state index contributed by atoms with van der Waals surface area (Å²) in [6, 6.07) is 9.80. The molecule has 2 rings (SSSR count). The highest BCUT2D eigenvalue weighted by Crippen LogP contribution is 2.13. The number of amides is 1. The molecule has 1 heterocycles. The summed E-state index contributed by atoms with van der Waals surface area (Å²) in [6.07, 6.45) is 0.900. The molecule has 5 heteroatoms. The van der Waals surface area contributed by atoms with Crippen molar-refractivity contribution in [3.63, 3.8) is 0 Å². The van der Waals surface area contributed by atoms with Gasteiger partial charge in [-0.1, -0.05) is 41.9 Å². The number of H-pyrrole nitrogens is 1. The van der Waals surface area contributed by atoms with E-state index >= 15 is 0 Å². The lowest BCUT2D eigenvalue weighted by atomic mass is 10.1. The number of carbonyl (C=O) groups is 1. The molecule has 1 aromatic heterocycles. The molecule has 1 amide bonds. The van der Waals surface area contributed by atoms with Crippen LogP contribution in [0.5, 0.6) is 0 Å². The van der Waals surface area contributed by atoms with E-state index in [0.29, 0.717) is 18.2 Å². The summed E-state index contributed by atoms with van der Waals surface area (Å²) in [6.45, 7) is 4.85. The van der Waals surface area contributed by atoms with E-state index in [1.807, 2.05) is 30.3 Å². The summed E-state index contributed by atoms with van der Waals surface area (Å²) in [5, 5.41) is 7.06. The SMILES string of the molecule is CC(C)Cc1cc(C(=O)N(C)Cc2ccc(Br)cc2)n[nH]1. The van der Waals surface area contributed by atoms with Crippen molar-refractivity contribution in [1.82, 2.24) is 15.1 Å². The predicted octanol–water partition coefficient (Wildman–Crippen LogP) is 3.64. The van der Waals surface area contributed by atoms with Crippen molar-refractivity contribution in [2.75, 3.05) is 7.05 Å². The van der Waals surface area contributed by atoms with Gasteiger partial charge < -0.3 is 4.90 Å². The third-order valence-electron chi connectivity index (χ3n) is 3.16. The summed E-state index contributed by atoms with van der Waals surface area (Å²) >= 11 is 3.40. The van der Waals surface area contributed by atoms with Gasteiger partial charge in [-0.3, -0.25) is 9.89 Å². The van der Waals surface area contributed by atoms with Gasteiger partial charge in [0.15, 0.2) is 0 Å². The van der Waals surface area contributed by atoms with Crippen molar-refractivity contribution in [2.45, 2.75) is 26.8 Å². The van der Waals surface area contributed by atoms with Gasteiger partial charge in [-0.2, -0.15) is 5.10 Å². The molecule has 0 aliphatic heterocycles. The molecule has 0 bridgehead atoms. The highest BCUT2D eigenvalue weighted by atomic mass is 79.9. The third kappa shape index (κ3) is 4.43. The van der Waals surface area contributed by atoms with Gasteiger partial charge in [-0.05, 0) is 36.1 Å². The molecule has 1 aromatic carbocycles. The third-order valence-corrected chi connectivity index (χ3v) is 3.69. The van der Waals surface area contributed by atoms with Crippen LogP contribution in [-0.4, -0.2) is 28.1 Å². The zero-order chi connectivity index (χ0) is 15.4. The Labute approximate surface area is 133 Å². The van der Waals surface area contributed by atoms with Crippen molar-refractivity contribution in [3.8, 4) is 0 Å². The lowest BCUT2D eigenvalue weighted by molar-refractivity contribution is 0.0779. The van der Waals surface area contributed by atoms with Gasteiger partial charge in [0.1, 0.15) is 5.69 Å². The van der Waals surface area contributed by atoms with E-state index in [1.54, 1.807) is 11.9 Å². The molecule has 0 aliphatic rings. The number of nitrogens with one attached hydrogen (secondary N) is 1. The Kier molecular flexibility index (Phi) is 5.17. The summed E-state index contributed by atoms with van der Waals surface area (Å²) < 4.78 is 1.03. The van der Waals surface area contributed by atoms with Crippen LogP contribution in [-0.2, 0) is 13.0 Å². The average molecular weight is 350 g/mol. The van der Waals surface area contributed by atoms with Crippen LogP contribution in [0.3, 0.4) is 0 Å². The topological polar surface area (TPSA) is 49.0 Å². The number of nitrogens with zero attached hydrogens (tertiary/aromatic N) is 2. The predicted molar refractivity (Wildman–Crippen MR) is 87.1 cm³/mol. The summed E-state index contributed by atoms with van der Waals surface area (Å²) in [4.78, 5) is 14.0. The summed E-state index contributed by atoms with van der Waals surface area (Å²) in [5.74, 6) is 0.470. The molecule has 0 fully saturated rings. The van der Waals surface area contributed by atoms with Crippen LogP contribution >= 0.6 is 15.9 Å². The number of benzene rings is 1. The molecule has 0 atom stereocenters. The lowest BCUT2D eigenvalue weighted by Crippen LogP contribution is -2.26. The van der Waals surface area contributed by atoms with Crippen LogP contribution in [0.2, 0.25) is 0 Å². The second kappa shape index (κ2) is 6.89. The van der Waals surface area contributed by atoms with E-state index < -0.39 is 0 Å². The largest absolute Gasteiger partial charge is 0.336 e. The molecule has 0 spiro atoms. The Balaban J connectivity index is 2.01. The quantitative estimate of drug-likeness (QED) is 0.895. The molecule has 2 aromatic rings. The van der Waals surface area contributed by atoms with Crippen molar-refractivity contribution in [3.05, 3.63) is 51.8 Å². The number of aromatic nitrogens is 2. The van der Waals surface area contributed by atoms with Crippen molar-refractivity contribution >= 4 is 21.8 Å². The lowest BCUT2D eigenvalue weighted by Gasteiger charge is -2.15. The molecule has 0 saturated carbocycles. The number of rotatable bonds is 5. The maximum atomic E-state index is 12.3. The Morgan fingerprint density at radius 3 is 2.62 bits per heavy atom. The Morgan fingerprint density at radius 2 is 2.00 bits per heavy atom. The fraction of sp³-hybridized carbons (Fsp3) is 0.375. The van der Waals surface area contributed by atoms with E-state index in [0.717, 1.165) is 22.2 Å². The van der Waals surface area contributed by atoms with E-state index in [1.165, 1.54) is 0 Å². The fourth-order valence-electron chi connectivity index (χ4n) is 2.15. The monoisotopic (exact) mass is 349 g/mol. The van der Waals surface area contributed by atoms with Crippen molar-refractivity contribution < 1.29 is 4.79 Å². The van der Waals surface area contributed by atoms with Gasteiger partial charge in [-0.15, -0.1) is 0 Å². The second-order valence-electron chi connectivity index (χ2n) is 5.66. The van der Waals surface area contributed by atoms with Gasteiger partial charge in [0.05, 0.1) is 0 Å². The van der Waals surface area contributed by atoms with Crippen LogP contribution in [0.15, 0.2) is 34.8 Å². The van der Waals surface area contributed by atoms with Crippen molar-refractivity contribution in [1.29, 1.82) is 0 Å². The smallest absolute Gasteiger partial charge is 0.274 e. The molecule has 112 valence electrons. The first kappa shape index (κ1) is 15.8. The molecule has 21 heavy (non-hydrogen) atoms. The van der Waals surface area contributed by atoms with Gasteiger partial charge in [0, 0.05) is 23.8 Å². The zero-order valence-electron chi connectivity index (χ0n) is 12.6. The van der Waals surface area contributed by atoms with E-state index in [-0.39, 0.29) is 5.91 Å². The standard InChI is InChI=1S/C16H20BrN3O/c1-11(2)8-14-9-15(19-18-14)16(21)20(3)10-12-4-6-13(17)7-5-12/h4-7,9,11H,8,10H2,1-3H3,(H,18,19). The van der Waals surface area contributed by atoms with Crippen LogP contribution < -0.4 is 0 Å². The van der Waals surface area contributed by atoms with E-state index in [4.69, 9.17) is 0 Å². The molecular formula is C16H20BrN3O. The van der Waals surface area contributed by atoms with Crippen LogP contribution in [0.1, 0.15) is 35.6 Å². The molecule has 0 unspecified atom stereocenters. The number of carbonyl (C=O) groups excluding carboxylic acids is 1. The average Bonchev–Trinajstić information content (AvgIpc) is 2.88. The second-order valence-corrected chi connectivity index (χ2v) is 6.58. The molecular weight excluding hydrogens is 330 g/mol. The maximum absolute atomic E-state index is 12.3. The molecule has 0 saturated heterocycles. The minimum absolute atomic E-state index is 0.0656. The minimum Gasteiger partial charge on any atom is -0.336 e. The first-order chi connectivity index (χ1) is 9.95. The summed E-state index contributed by atoms with van der Waals surface area (Å²) in [7, 11) is 1.79. The number of hydrogen-bond acceptors (Lipinski definition) is 2. The fourth-order valence-corrected chi connectivity index (χ4v) is 2.41. The van der Waals surface area contributed by atoms with Crippen molar-refractivity contribution in [2.24, 2.45) is 5.92 Å².